The molecule has 0 aromatic heterocycles. The molecule has 1 heterocycles. The first kappa shape index (κ1) is 24.2. The summed E-state index contributed by atoms with van der Waals surface area (Å²) in [4.78, 5) is 26.9. The van der Waals surface area contributed by atoms with Crippen LogP contribution in [-0.2, 0) is 16.1 Å². The van der Waals surface area contributed by atoms with Crippen LogP contribution in [0.1, 0.15) is 64.9 Å². The molecule has 1 aliphatic carbocycles. The molecule has 2 fully saturated rings. The fourth-order valence-corrected chi connectivity index (χ4v) is 4.75. The Kier molecular flexibility index (Phi) is 7.91. The molecule has 0 atom stereocenters. The van der Waals surface area contributed by atoms with Crippen LogP contribution in [0.15, 0.2) is 18.2 Å². The third kappa shape index (κ3) is 6.30. The number of hydrogen-bond acceptors (Lipinski definition) is 5. The number of likely N-dealkylation sites (tertiary alicyclic amines) is 1. The number of carbonyl (C=O) groups excluding carboxylic acids is 2. The average molecular weight is 447 g/mol. The molecular weight excluding hydrogens is 408 g/mol. The van der Waals surface area contributed by atoms with Crippen molar-refractivity contribution < 1.29 is 24.2 Å². The van der Waals surface area contributed by atoms with Gasteiger partial charge in [-0.2, -0.15) is 0 Å². The van der Waals surface area contributed by atoms with E-state index in [0.717, 1.165) is 31.2 Å². The van der Waals surface area contributed by atoms with Crippen LogP contribution in [0.2, 0.25) is 0 Å². The third-order valence-corrected chi connectivity index (χ3v) is 7.00. The van der Waals surface area contributed by atoms with E-state index in [4.69, 9.17) is 9.47 Å². The van der Waals surface area contributed by atoms with Crippen LogP contribution < -0.4 is 10.1 Å². The van der Waals surface area contributed by atoms with Crippen molar-refractivity contribution in [1.82, 2.24) is 10.2 Å². The zero-order chi connectivity index (χ0) is 23.3. The monoisotopic (exact) mass is 446 g/mol. The first-order valence-corrected chi connectivity index (χ1v) is 11.8. The summed E-state index contributed by atoms with van der Waals surface area (Å²) in [5, 5.41) is 12.6. The van der Waals surface area contributed by atoms with Gasteiger partial charge in [0.25, 0.3) is 0 Å². The zero-order valence-electron chi connectivity index (χ0n) is 19.9. The third-order valence-electron chi connectivity index (χ3n) is 7.00. The molecule has 1 aromatic carbocycles. The first-order chi connectivity index (χ1) is 15.2. The van der Waals surface area contributed by atoms with Crippen molar-refractivity contribution in [3.05, 3.63) is 23.8 Å². The fourth-order valence-electron chi connectivity index (χ4n) is 4.75. The number of rotatable bonds is 5. The van der Waals surface area contributed by atoms with E-state index < -0.39 is 0 Å². The molecule has 2 aliphatic rings. The first-order valence-electron chi connectivity index (χ1n) is 11.8. The molecule has 1 saturated carbocycles. The SMILES string of the molecule is COc1cc(CNC(=O)C2CCN(C(=O)O[C@H]3CC[C@H](C(C)(C)C)CC3)CC2)ccc1O. The Morgan fingerprint density at radius 3 is 2.34 bits per heavy atom. The highest BCUT2D eigenvalue weighted by atomic mass is 16.6. The summed E-state index contributed by atoms with van der Waals surface area (Å²) in [7, 11) is 1.49. The second-order valence-corrected chi connectivity index (χ2v) is 10.2. The molecule has 0 unspecified atom stereocenters. The number of phenols is 1. The highest BCUT2D eigenvalue weighted by Crippen LogP contribution is 2.38. The van der Waals surface area contributed by atoms with Crippen LogP contribution in [-0.4, -0.2) is 48.3 Å². The minimum atomic E-state index is -0.237. The number of amides is 2. The smallest absolute Gasteiger partial charge is 0.410 e. The molecule has 1 aliphatic heterocycles. The van der Waals surface area contributed by atoms with Crippen molar-refractivity contribution in [1.29, 1.82) is 0 Å². The topological polar surface area (TPSA) is 88.1 Å². The van der Waals surface area contributed by atoms with Crippen molar-refractivity contribution in [2.24, 2.45) is 17.3 Å². The lowest BCUT2D eigenvalue weighted by Gasteiger charge is -2.37. The molecule has 7 heteroatoms. The van der Waals surface area contributed by atoms with Gasteiger partial charge >= 0.3 is 6.09 Å². The lowest BCUT2D eigenvalue weighted by atomic mass is 9.72. The van der Waals surface area contributed by atoms with E-state index in [0.29, 0.717) is 49.6 Å². The molecule has 1 saturated heterocycles. The van der Waals surface area contributed by atoms with Gasteiger partial charge < -0.3 is 24.8 Å². The summed E-state index contributed by atoms with van der Waals surface area (Å²) < 4.78 is 10.9. The number of benzene rings is 1. The maximum absolute atomic E-state index is 12.6. The summed E-state index contributed by atoms with van der Waals surface area (Å²) in [6.07, 6.45) is 5.15. The van der Waals surface area contributed by atoms with Crippen molar-refractivity contribution in [3.8, 4) is 11.5 Å². The number of ether oxygens (including phenoxy) is 2. The Balaban J connectivity index is 1.39. The Morgan fingerprint density at radius 1 is 1.09 bits per heavy atom. The second kappa shape index (κ2) is 10.5. The number of phenolic OH excluding ortho intramolecular Hbond substituents is 1. The average Bonchev–Trinajstić information content (AvgIpc) is 2.78. The number of piperidine rings is 1. The lowest BCUT2D eigenvalue weighted by Crippen LogP contribution is -2.44. The second-order valence-electron chi connectivity index (χ2n) is 10.2. The van der Waals surface area contributed by atoms with Gasteiger partial charge in [-0.3, -0.25) is 4.79 Å². The largest absolute Gasteiger partial charge is 0.504 e. The molecule has 0 radical (unpaired) electrons. The summed E-state index contributed by atoms with van der Waals surface area (Å²) in [5.41, 5.74) is 1.17. The summed E-state index contributed by atoms with van der Waals surface area (Å²) in [5.74, 6) is 1.03. The van der Waals surface area contributed by atoms with Gasteiger partial charge in [0.2, 0.25) is 5.91 Å². The number of aromatic hydroxyl groups is 1. The molecule has 0 spiro atoms. The van der Waals surface area contributed by atoms with Crippen molar-refractivity contribution in [2.75, 3.05) is 20.2 Å². The Hall–Kier alpha value is -2.44. The van der Waals surface area contributed by atoms with E-state index in [1.54, 1.807) is 23.1 Å². The number of hydrogen-bond donors (Lipinski definition) is 2. The molecule has 178 valence electrons. The van der Waals surface area contributed by atoms with Gasteiger partial charge in [-0.05, 0) is 67.6 Å². The van der Waals surface area contributed by atoms with E-state index in [1.165, 1.54) is 7.11 Å². The highest BCUT2D eigenvalue weighted by Gasteiger charge is 2.33. The van der Waals surface area contributed by atoms with E-state index >= 15 is 0 Å². The van der Waals surface area contributed by atoms with Crippen LogP contribution in [0.4, 0.5) is 4.79 Å². The number of nitrogens with one attached hydrogen (secondary N) is 1. The molecule has 0 bridgehead atoms. The standard InChI is InChI=1S/C25H38N2O5/c1-25(2,3)19-6-8-20(9-7-19)32-24(30)27-13-11-18(12-14-27)23(29)26-16-17-5-10-21(28)22(15-17)31-4/h5,10,15,18-20,28H,6-9,11-14,16H2,1-4H3,(H,26,29)/t19-,20-. The summed E-state index contributed by atoms with van der Waals surface area (Å²) in [6.45, 7) is 8.31. The van der Waals surface area contributed by atoms with Crippen molar-refractivity contribution in [2.45, 2.75) is 71.9 Å². The number of nitrogens with zero attached hydrogens (tertiary/aromatic N) is 1. The predicted molar refractivity (Wildman–Crippen MR) is 122 cm³/mol. The molecule has 2 N–H and O–H groups in total. The molecule has 2 amide bonds. The van der Waals surface area contributed by atoms with Gasteiger partial charge in [0.1, 0.15) is 6.10 Å². The van der Waals surface area contributed by atoms with Crippen molar-refractivity contribution >= 4 is 12.0 Å². The molecule has 1 aromatic rings. The maximum atomic E-state index is 12.6. The van der Waals surface area contributed by atoms with Gasteiger partial charge in [-0.25, -0.2) is 4.79 Å². The van der Waals surface area contributed by atoms with Gasteiger partial charge in [-0.1, -0.05) is 26.8 Å². The van der Waals surface area contributed by atoms with E-state index in [1.807, 2.05) is 0 Å². The van der Waals surface area contributed by atoms with Crippen molar-refractivity contribution in [3.63, 3.8) is 0 Å². The Morgan fingerprint density at radius 2 is 1.75 bits per heavy atom. The van der Waals surface area contributed by atoms with Gasteiger partial charge in [0.15, 0.2) is 11.5 Å². The summed E-state index contributed by atoms with van der Waals surface area (Å²) in [6, 6.07) is 5.02. The molecule has 32 heavy (non-hydrogen) atoms. The lowest BCUT2D eigenvalue weighted by molar-refractivity contribution is -0.126. The van der Waals surface area contributed by atoms with E-state index in [-0.39, 0.29) is 29.8 Å². The van der Waals surface area contributed by atoms with Gasteiger partial charge in [-0.15, -0.1) is 0 Å². The molecule has 3 rings (SSSR count). The minimum Gasteiger partial charge on any atom is -0.504 e. The van der Waals surface area contributed by atoms with Gasteiger partial charge in [0.05, 0.1) is 7.11 Å². The molecular formula is C25H38N2O5. The van der Waals surface area contributed by atoms with E-state index in [9.17, 15) is 14.7 Å². The van der Waals surface area contributed by atoms with Crippen LogP contribution in [0.25, 0.3) is 0 Å². The minimum absolute atomic E-state index is 0.00874. The Labute approximate surface area is 191 Å². The van der Waals surface area contributed by atoms with E-state index in [2.05, 4.69) is 26.1 Å². The normalized spacial score (nSPS) is 22.3. The fraction of sp³-hybridized carbons (Fsp3) is 0.680. The number of carbonyl (C=O) groups is 2. The van der Waals surface area contributed by atoms with Crippen LogP contribution in [0.3, 0.4) is 0 Å². The van der Waals surface area contributed by atoms with Gasteiger partial charge in [0, 0.05) is 25.6 Å². The quantitative estimate of drug-likeness (QED) is 0.697. The Bertz CT molecular complexity index is 788. The predicted octanol–water partition coefficient (Wildman–Crippen LogP) is 4.47. The highest BCUT2D eigenvalue weighted by molar-refractivity contribution is 5.79. The number of methoxy groups -OCH3 is 1. The summed E-state index contributed by atoms with van der Waals surface area (Å²) >= 11 is 0. The maximum Gasteiger partial charge on any atom is 0.410 e. The van der Waals surface area contributed by atoms with Crippen LogP contribution in [0, 0.1) is 17.3 Å². The molecule has 7 nitrogen and oxygen atoms in total. The zero-order valence-corrected chi connectivity index (χ0v) is 19.9. The van der Waals surface area contributed by atoms with Crippen LogP contribution in [0.5, 0.6) is 11.5 Å². The van der Waals surface area contributed by atoms with Crippen LogP contribution >= 0.6 is 0 Å².